The first-order chi connectivity index (χ1) is 11.6. The van der Waals surface area contributed by atoms with Crippen molar-refractivity contribution in [2.75, 3.05) is 6.61 Å². The first kappa shape index (κ1) is 15.6. The zero-order valence-corrected chi connectivity index (χ0v) is 14.9. The molecule has 1 spiro atoms. The van der Waals surface area contributed by atoms with Crippen molar-refractivity contribution < 1.29 is 14.5 Å². The minimum absolute atomic E-state index is 0.0611. The lowest BCUT2D eigenvalue weighted by Gasteiger charge is -2.60. The van der Waals surface area contributed by atoms with Crippen LogP contribution in [0.25, 0.3) is 0 Å². The van der Waals surface area contributed by atoms with Gasteiger partial charge in [0.05, 0.1) is 6.61 Å². The fraction of sp³-hybridized carbons (Fsp3) is 0.700. The summed E-state index contributed by atoms with van der Waals surface area (Å²) in [5.74, 6) is 2.62. The molecule has 24 heavy (non-hydrogen) atoms. The second-order valence-electron chi connectivity index (χ2n) is 8.40. The normalized spacial score (nSPS) is 44.8. The van der Waals surface area contributed by atoms with Crippen LogP contribution >= 0.6 is 11.6 Å². The average molecular weight is 349 g/mol. The van der Waals surface area contributed by atoms with Gasteiger partial charge in [0.2, 0.25) is 5.79 Å². The quantitative estimate of drug-likeness (QED) is 0.708. The van der Waals surface area contributed by atoms with Gasteiger partial charge in [-0.25, -0.2) is 9.78 Å². The van der Waals surface area contributed by atoms with Gasteiger partial charge in [0.1, 0.15) is 6.10 Å². The van der Waals surface area contributed by atoms with Gasteiger partial charge in [-0.3, -0.25) is 0 Å². The van der Waals surface area contributed by atoms with E-state index in [9.17, 15) is 0 Å². The largest absolute Gasteiger partial charge is 0.344 e. The smallest absolute Gasteiger partial charge is 0.207 e. The molecule has 1 heterocycles. The summed E-state index contributed by atoms with van der Waals surface area (Å²) in [4.78, 5) is 12.0. The van der Waals surface area contributed by atoms with Gasteiger partial charge in [-0.15, -0.1) is 0 Å². The molecule has 0 N–H and O–H groups in total. The van der Waals surface area contributed by atoms with E-state index >= 15 is 0 Å². The van der Waals surface area contributed by atoms with Crippen molar-refractivity contribution in [2.45, 2.75) is 56.8 Å². The maximum Gasteiger partial charge on any atom is 0.207 e. The third-order valence-corrected chi connectivity index (χ3v) is 7.26. The van der Waals surface area contributed by atoms with Crippen LogP contribution in [0.4, 0.5) is 0 Å². The Hall–Kier alpha value is -0.610. The fourth-order valence-electron chi connectivity index (χ4n) is 5.82. The monoisotopic (exact) mass is 348 g/mol. The molecular formula is C20H25ClO3. The van der Waals surface area contributed by atoms with E-state index in [-0.39, 0.29) is 12.0 Å². The van der Waals surface area contributed by atoms with E-state index < -0.39 is 5.79 Å². The molecule has 0 aromatic heterocycles. The molecule has 5 fully saturated rings. The molecule has 6 rings (SSSR count). The lowest BCUT2D eigenvalue weighted by molar-refractivity contribution is -0.526. The molecule has 1 aliphatic heterocycles. The number of ether oxygens (including phenoxy) is 1. The molecule has 2 atom stereocenters. The summed E-state index contributed by atoms with van der Waals surface area (Å²) in [5.41, 5.74) is 1.21. The predicted molar refractivity (Wildman–Crippen MR) is 91.6 cm³/mol. The molecule has 3 nitrogen and oxygen atoms in total. The SMILES string of the molecule is CC(c1ccc(Cl)cc1)C1COC2(OO1)C1CC3CC(C1)CC2C3. The van der Waals surface area contributed by atoms with Crippen LogP contribution in [0.2, 0.25) is 5.02 Å². The van der Waals surface area contributed by atoms with Gasteiger partial charge in [0.15, 0.2) is 0 Å². The van der Waals surface area contributed by atoms with Crippen molar-refractivity contribution in [3.05, 3.63) is 34.9 Å². The van der Waals surface area contributed by atoms with Gasteiger partial charge >= 0.3 is 0 Å². The van der Waals surface area contributed by atoms with Crippen LogP contribution in [-0.4, -0.2) is 18.5 Å². The zero-order valence-electron chi connectivity index (χ0n) is 14.1. The molecule has 4 bridgehead atoms. The Bertz CT molecular complexity index is 576. The summed E-state index contributed by atoms with van der Waals surface area (Å²) >= 11 is 5.99. The van der Waals surface area contributed by atoms with Gasteiger partial charge in [-0.2, -0.15) is 0 Å². The van der Waals surface area contributed by atoms with E-state index in [0.717, 1.165) is 16.9 Å². The second-order valence-corrected chi connectivity index (χ2v) is 8.83. The number of hydrogen-bond acceptors (Lipinski definition) is 3. The third kappa shape index (κ3) is 2.36. The van der Waals surface area contributed by atoms with Crippen LogP contribution in [0, 0.1) is 23.7 Å². The van der Waals surface area contributed by atoms with Crippen molar-refractivity contribution in [3.8, 4) is 0 Å². The highest BCUT2D eigenvalue weighted by Gasteiger charge is 2.61. The molecule has 4 saturated carbocycles. The summed E-state index contributed by atoms with van der Waals surface area (Å²) in [6.07, 6.45) is 6.40. The van der Waals surface area contributed by atoms with Gasteiger partial charge in [0.25, 0.3) is 0 Å². The molecule has 1 aromatic carbocycles. The van der Waals surface area contributed by atoms with Gasteiger partial charge in [-0.05, 0) is 61.6 Å². The maximum absolute atomic E-state index is 6.45. The Morgan fingerprint density at radius 2 is 1.62 bits per heavy atom. The minimum atomic E-state index is -0.455. The molecule has 1 saturated heterocycles. The van der Waals surface area contributed by atoms with Crippen LogP contribution in [0.3, 0.4) is 0 Å². The minimum Gasteiger partial charge on any atom is -0.344 e. The van der Waals surface area contributed by atoms with Crippen LogP contribution in [0.5, 0.6) is 0 Å². The van der Waals surface area contributed by atoms with E-state index in [1.165, 1.54) is 37.7 Å². The van der Waals surface area contributed by atoms with E-state index in [0.29, 0.717) is 18.4 Å². The van der Waals surface area contributed by atoms with Crippen molar-refractivity contribution in [1.29, 1.82) is 0 Å². The highest BCUT2D eigenvalue weighted by molar-refractivity contribution is 6.30. The van der Waals surface area contributed by atoms with Gasteiger partial charge < -0.3 is 4.74 Å². The Labute approximate surface area is 148 Å². The molecule has 4 aliphatic carbocycles. The highest BCUT2D eigenvalue weighted by atomic mass is 35.5. The highest BCUT2D eigenvalue weighted by Crippen LogP contribution is 2.60. The fourth-order valence-corrected chi connectivity index (χ4v) is 5.95. The number of hydrogen-bond donors (Lipinski definition) is 0. The third-order valence-electron chi connectivity index (χ3n) is 7.00. The van der Waals surface area contributed by atoms with E-state index in [2.05, 4.69) is 19.1 Å². The first-order valence-electron chi connectivity index (χ1n) is 9.38. The van der Waals surface area contributed by atoms with Gasteiger partial charge in [-0.1, -0.05) is 30.7 Å². The van der Waals surface area contributed by atoms with Crippen molar-refractivity contribution in [1.82, 2.24) is 0 Å². The van der Waals surface area contributed by atoms with E-state index in [1.54, 1.807) is 0 Å². The summed E-state index contributed by atoms with van der Waals surface area (Å²) < 4.78 is 6.45. The first-order valence-corrected chi connectivity index (χ1v) is 9.76. The van der Waals surface area contributed by atoms with Crippen LogP contribution < -0.4 is 0 Å². The molecule has 0 amide bonds. The number of rotatable bonds is 2. The standard InChI is InChI=1S/C20H25ClO3/c1-12(15-2-4-18(21)5-3-15)19-11-22-20(24-23-19)16-7-13-6-14(9-16)10-17(20)8-13/h2-5,12-14,16-17,19H,6-11H2,1H3. The Morgan fingerprint density at radius 1 is 1.00 bits per heavy atom. The molecule has 2 unspecified atom stereocenters. The van der Waals surface area contributed by atoms with Crippen molar-refractivity contribution in [3.63, 3.8) is 0 Å². The van der Waals surface area contributed by atoms with Crippen molar-refractivity contribution >= 4 is 11.6 Å². The molecule has 0 radical (unpaired) electrons. The maximum atomic E-state index is 6.45. The second kappa shape index (κ2) is 5.70. The Balaban J connectivity index is 1.30. The average Bonchev–Trinajstić information content (AvgIpc) is 2.60. The molecular weight excluding hydrogens is 324 g/mol. The topological polar surface area (TPSA) is 27.7 Å². The van der Waals surface area contributed by atoms with Crippen molar-refractivity contribution in [2.24, 2.45) is 23.7 Å². The number of benzene rings is 1. The zero-order chi connectivity index (χ0) is 16.3. The van der Waals surface area contributed by atoms with Gasteiger partial charge in [0, 0.05) is 22.8 Å². The van der Waals surface area contributed by atoms with E-state index in [1.807, 2.05) is 12.1 Å². The Kier molecular flexibility index (Phi) is 3.71. The summed E-state index contributed by atoms with van der Waals surface area (Å²) in [6.45, 7) is 2.78. The van der Waals surface area contributed by atoms with Crippen LogP contribution in [-0.2, 0) is 14.5 Å². The van der Waals surface area contributed by atoms with Crippen LogP contribution in [0.15, 0.2) is 24.3 Å². The predicted octanol–water partition coefficient (Wildman–Crippen LogP) is 4.94. The molecule has 4 heteroatoms. The number of halogens is 1. The lowest BCUT2D eigenvalue weighted by Crippen LogP contribution is -2.63. The Morgan fingerprint density at radius 3 is 2.17 bits per heavy atom. The molecule has 1 aromatic rings. The molecule has 130 valence electrons. The summed E-state index contributed by atoms with van der Waals surface area (Å²) in [7, 11) is 0. The molecule has 5 aliphatic rings. The lowest BCUT2D eigenvalue weighted by atomic mass is 9.53. The van der Waals surface area contributed by atoms with E-state index in [4.69, 9.17) is 26.1 Å². The van der Waals surface area contributed by atoms with Crippen LogP contribution in [0.1, 0.15) is 50.5 Å². The summed E-state index contributed by atoms with van der Waals surface area (Å²) in [5, 5.41) is 0.760. The summed E-state index contributed by atoms with van der Waals surface area (Å²) in [6, 6.07) is 7.97.